The molecule has 240 valence electrons. The second-order valence-electron chi connectivity index (χ2n) is 12.2. The molecule has 4 aromatic rings. The molecule has 3 amide bonds. The SMILES string of the molecule is CCNC(=O)c1ccccc1-c1ccc(CN2C(=O)[C@H](NC(=O)CC(C)(C)NCc3ccco3)CCc3cc(SC)ccc32)cc1. The number of nitrogens with one attached hydrogen (secondary N) is 3. The molecule has 2 heterocycles. The largest absolute Gasteiger partial charge is 0.468 e. The number of amides is 3. The number of anilines is 1. The Hall–Kier alpha value is -4.34. The van der Waals surface area contributed by atoms with Crippen molar-refractivity contribution >= 4 is 35.2 Å². The summed E-state index contributed by atoms with van der Waals surface area (Å²) in [4.78, 5) is 43.1. The number of furan rings is 1. The van der Waals surface area contributed by atoms with Crippen molar-refractivity contribution < 1.29 is 18.8 Å². The number of hydrogen-bond acceptors (Lipinski definition) is 6. The predicted octanol–water partition coefficient (Wildman–Crippen LogP) is 6.34. The molecule has 0 spiro atoms. The fraction of sp³-hybridized carbons (Fsp3) is 0.324. The Morgan fingerprint density at radius 2 is 1.80 bits per heavy atom. The second kappa shape index (κ2) is 14.8. The molecule has 1 aliphatic rings. The standard InChI is InChI=1S/C37H42N4O4S/c1-5-38-35(43)31-11-7-6-10-30(31)26-14-12-25(13-15-26)24-41-33-19-17-29(46-4)21-27(33)16-18-32(36(41)44)40-34(42)22-37(2,3)39-23-28-9-8-20-45-28/h6-15,17,19-21,32,39H,5,16,18,22-24H2,1-4H3,(H,38,43)(H,40,42)/t32-/m1/s1. The summed E-state index contributed by atoms with van der Waals surface area (Å²) in [6, 6.07) is 24.8. The summed E-state index contributed by atoms with van der Waals surface area (Å²) in [6.07, 6.45) is 5.06. The summed E-state index contributed by atoms with van der Waals surface area (Å²) in [5.74, 6) is 0.380. The number of nitrogens with zero attached hydrogens (tertiary/aromatic N) is 1. The van der Waals surface area contributed by atoms with E-state index < -0.39 is 11.6 Å². The molecule has 0 saturated carbocycles. The van der Waals surface area contributed by atoms with Gasteiger partial charge in [-0.2, -0.15) is 0 Å². The lowest BCUT2D eigenvalue weighted by Crippen LogP contribution is -2.50. The van der Waals surface area contributed by atoms with Crippen LogP contribution in [0.15, 0.2) is 94.4 Å². The average molecular weight is 639 g/mol. The molecule has 0 radical (unpaired) electrons. The van der Waals surface area contributed by atoms with Crippen molar-refractivity contribution in [2.75, 3.05) is 17.7 Å². The maximum atomic E-state index is 14.2. The normalized spacial score (nSPS) is 14.8. The van der Waals surface area contributed by atoms with E-state index in [-0.39, 0.29) is 24.1 Å². The quantitative estimate of drug-likeness (QED) is 0.157. The average Bonchev–Trinajstić information content (AvgIpc) is 3.55. The number of hydrogen-bond donors (Lipinski definition) is 3. The first kappa shape index (κ1) is 33.0. The predicted molar refractivity (Wildman–Crippen MR) is 184 cm³/mol. The van der Waals surface area contributed by atoms with E-state index >= 15 is 0 Å². The minimum Gasteiger partial charge on any atom is -0.468 e. The Morgan fingerprint density at radius 1 is 1.02 bits per heavy atom. The van der Waals surface area contributed by atoms with Gasteiger partial charge in [0.25, 0.3) is 5.91 Å². The van der Waals surface area contributed by atoms with Gasteiger partial charge in [0.2, 0.25) is 11.8 Å². The van der Waals surface area contributed by atoms with Gasteiger partial charge < -0.3 is 25.3 Å². The number of aryl methyl sites for hydroxylation is 1. The van der Waals surface area contributed by atoms with Crippen LogP contribution in [0.4, 0.5) is 5.69 Å². The van der Waals surface area contributed by atoms with E-state index in [1.165, 1.54) is 0 Å². The van der Waals surface area contributed by atoms with E-state index in [2.05, 4.69) is 22.0 Å². The fourth-order valence-electron chi connectivity index (χ4n) is 5.79. The highest BCUT2D eigenvalue weighted by Gasteiger charge is 2.33. The van der Waals surface area contributed by atoms with Gasteiger partial charge in [-0.3, -0.25) is 14.4 Å². The fourth-order valence-corrected chi connectivity index (χ4v) is 6.25. The Bertz CT molecular complexity index is 1670. The molecule has 3 aromatic carbocycles. The molecule has 1 aliphatic heterocycles. The van der Waals surface area contributed by atoms with Gasteiger partial charge in [0.05, 0.1) is 19.4 Å². The van der Waals surface area contributed by atoms with Gasteiger partial charge in [0.1, 0.15) is 11.8 Å². The van der Waals surface area contributed by atoms with Crippen LogP contribution in [0.1, 0.15) is 60.9 Å². The summed E-state index contributed by atoms with van der Waals surface area (Å²) in [5.41, 5.74) is 4.80. The summed E-state index contributed by atoms with van der Waals surface area (Å²) >= 11 is 1.67. The van der Waals surface area contributed by atoms with Crippen molar-refractivity contribution in [3.8, 4) is 11.1 Å². The van der Waals surface area contributed by atoms with Gasteiger partial charge in [-0.25, -0.2) is 0 Å². The second-order valence-corrected chi connectivity index (χ2v) is 13.1. The summed E-state index contributed by atoms with van der Waals surface area (Å²) in [5, 5.41) is 9.32. The Kier molecular flexibility index (Phi) is 10.7. The maximum absolute atomic E-state index is 14.2. The third-order valence-corrected chi connectivity index (χ3v) is 8.94. The van der Waals surface area contributed by atoms with Gasteiger partial charge in [0.15, 0.2) is 0 Å². The number of thioether (sulfide) groups is 1. The number of benzene rings is 3. The lowest BCUT2D eigenvalue weighted by molar-refractivity contribution is -0.128. The molecular formula is C37H42N4O4S. The van der Waals surface area contributed by atoms with Crippen LogP contribution in [-0.4, -0.2) is 42.1 Å². The van der Waals surface area contributed by atoms with Crippen molar-refractivity contribution in [1.29, 1.82) is 0 Å². The van der Waals surface area contributed by atoms with E-state index in [0.717, 1.165) is 38.6 Å². The maximum Gasteiger partial charge on any atom is 0.251 e. The lowest BCUT2D eigenvalue weighted by atomic mass is 9.98. The molecule has 3 N–H and O–H groups in total. The number of fused-ring (bicyclic) bond motifs is 1. The highest BCUT2D eigenvalue weighted by atomic mass is 32.2. The highest BCUT2D eigenvalue weighted by molar-refractivity contribution is 7.98. The first-order chi connectivity index (χ1) is 22.2. The smallest absolute Gasteiger partial charge is 0.251 e. The van der Waals surface area contributed by atoms with Crippen LogP contribution in [0.2, 0.25) is 0 Å². The van der Waals surface area contributed by atoms with Crippen LogP contribution < -0.4 is 20.9 Å². The molecule has 0 bridgehead atoms. The molecule has 0 fully saturated rings. The summed E-state index contributed by atoms with van der Waals surface area (Å²) < 4.78 is 5.41. The number of carbonyl (C=O) groups is 3. The summed E-state index contributed by atoms with van der Waals surface area (Å²) in [7, 11) is 0. The van der Waals surface area contributed by atoms with Gasteiger partial charge in [-0.05, 0) is 98.5 Å². The molecule has 46 heavy (non-hydrogen) atoms. The lowest BCUT2D eigenvalue weighted by Gasteiger charge is -2.29. The zero-order valence-corrected chi connectivity index (χ0v) is 27.7. The van der Waals surface area contributed by atoms with Crippen LogP contribution in [0.3, 0.4) is 0 Å². The Labute approximate surface area is 275 Å². The van der Waals surface area contributed by atoms with Gasteiger partial charge >= 0.3 is 0 Å². The van der Waals surface area contributed by atoms with E-state index in [4.69, 9.17) is 4.42 Å². The monoisotopic (exact) mass is 638 g/mol. The van der Waals surface area contributed by atoms with Crippen LogP contribution in [0, 0.1) is 0 Å². The third-order valence-electron chi connectivity index (χ3n) is 8.22. The molecule has 0 saturated heterocycles. The number of rotatable bonds is 12. The minimum atomic E-state index is -0.651. The molecule has 0 aliphatic carbocycles. The topological polar surface area (TPSA) is 104 Å². The first-order valence-electron chi connectivity index (χ1n) is 15.7. The molecular weight excluding hydrogens is 596 g/mol. The van der Waals surface area contributed by atoms with E-state index in [1.807, 2.05) is 99.8 Å². The number of carbonyl (C=O) groups excluding carboxylic acids is 3. The Morgan fingerprint density at radius 3 is 2.52 bits per heavy atom. The Balaban J connectivity index is 1.34. The first-order valence-corrected chi connectivity index (χ1v) is 16.9. The third kappa shape index (κ3) is 8.08. The van der Waals surface area contributed by atoms with Crippen molar-refractivity contribution in [1.82, 2.24) is 16.0 Å². The van der Waals surface area contributed by atoms with Crippen molar-refractivity contribution in [3.63, 3.8) is 0 Å². The highest BCUT2D eigenvalue weighted by Crippen LogP contribution is 2.33. The molecule has 1 atom stereocenters. The van der Waals surface area contributed by atoms with Crippen LogP contribution in [0.5, 0.6) is 0 Å². The van der Waals surface area contributed by atoms with Crippen molar-refractivity contribution in [2.24, 2.45) is 0 Å². The van der Waals surface area contributed by atoms with Crippen LogP contribution in [0.25, 0.3) is 11.1 Å². The van der Waals surface area contributed by atoms with E-state index in [0.29, 0.717) is 38.0 Å². The molecule has 5 rings (SSSR count). The van der Waals surface area contributed by atoms with E-state index in [9.17, 15) is 14.4 Å². The molecule has 1 aromatic heterocycles. The van der Waals surface area contributed by atoms with E-state index in [1.54, 1.807) is 22.9 Å². The van der Waals surface area contributed by atoms with Crippen LogP contribution >= 0.6 is 11.8 Å². The van der Waals surface area contributed by atoms with Gasteiger partial charge in [-0.1, -0.05) is 42.5 Å². The van der Waals surface area contributed by atoms with Crippen LogP contribution in [-0.2, 0) is 29.1 Å². The molecule has 0 unspecified atom stereocenters. The molecule has 8 nitrogen and oxygen atoms in total. The van der Waals surface area contributed by atoms with Gasteiger partial charge in [0, 0.05) is 34.7 Å². The van der Waals surface area contributed by atoms with Gasteiger partial charge in [-0.15, -0.1) is 11.8 Å². The van der Waals surface area contributed by atoms with Crippen molar-refractivity contribution in [3.05, 3.63) is 108 Å². The zero-order chi connectivity index (χ0) is 32.7. The minimum absolute atomic E-state index is 0.108. The zero-order valence-electron chi connectivity index (χ0n) is 26.9. The summed E-state index contributed by atoms with van der Waals surface area (Å²) in [6.45, 7) is 7.25. The molecule has 9 heteroatoms. The van der Waals surface area contributed by atoms with Crippen molar-refractivity contribution in [2.45, 2.75) is 69.6 Å².